The maximum atomic E-state index is 13.3. The molecular formula is C13H19FN2O2. The minimum Gasteiger partial charge on any atom is -0.494 e. The molecule has 1 aromatic carbocycles. The van der Waals surface area contributed by atoms with Crippen LogP contribution < -0.4 is 15.8 Å². The molecule has 100 valence electrons. The molecule has 1 heterocycles. The number of benzene rings is 1. The van der Waals surface area contributed by atoms with Crippen LogP contribution in [0.1, 0.15) is 12.8 Å². The van der Waals surface area contributed by atoms with Crippen LogP contribution in [0.4, 0.5) is 10.1 Å². The summed E-state index contributed by atoms with van der Waals surface area (Å²) in [5.74, 6) is -0.129. The Balaban J connectivity index is 2.16. The van der Waals surface area contributed by atoms with Crippen LogP contribution in [0.2, 0.25) is 0 Å². The normalized spacial score (nSPS) is 18.4. The maximum Gasteiger partial charge on any atom is 0.165 e. The highest BCUT2D eigenvalue weighted by atomic mass is 19.1. The van der Waals surface area contributed by atoms with Gasteiger partial charge < -0.3 is 20.5 Å². The van der Waals surface area contributed by atoms with Crippen molar-refractivity contribution in [3.8, 4) is 5.75 Å². The molecule has 1 aliphatic heterocycles. The van der Waals surface area contributed by atoms with Crippen LogP contribution in [0, 0.1) is 5.82 Å². The summed E-state index contributed by atoms with van der Waals surface area (Å²) in [6.45, 7) is 1.92. The van der Waals surface area contributed by atoms with Gasteiger partial charge in [-0.1, -0.05) is 0 Å². The molecule has 1 aromatic rings. The van der Waals surface area contributed by atoms with Crippen molar-refractivity contribution in [1.82, 2.24) is 0 Å². The molecule has 1 fully saturated rings. The van der Waals surface area contributed by atoms with Crippen molar-refractivity contribution in [2.45, 2.75) is 18.4 Å². The third-order valence-corrected chi connectivity index (χ3v) is 3.40. The van der Waals surface area contributed by atoms with Gasteiger partial charge in [0.15, 0.2) is 11.6 Å². The molecule has 0 atom stereocenters. The molecule has 2 rings (SSSR count). The van der Waals surface area contributed by atoms with Crippen molar-refractivity contribution in [2.24, 2.45) is 5.73 Å². The zero-order chi connectivity index (χ0) is 13.0. The van der Waals surface area contributed by atoms with Crippen LogP contribution >= 0.6 is 0 Å². The van der Waals surface area contributed by atoms with Crippen LogP contribution in [-0.2, 0) is 4.74 Å². The Morgan fingerprint density at radius 1 is 1.44 bits per heavy atom. The summed E-state index contributed by atoms with van der Waals surface area (Å²) >= 11 is 0. The second-order valence-corrected chi connectivity index (χ2v) is 4.57. The van der Waals surface area contributed by atoms with Gasteiger partial charge in [-0.05, 0) is 25.0 Å². The summed E-state index contributed by atoms with van der Waals surface area (Å²) in [7, 11) is 1.45. The van der Waals surface area contributed by atoms with Gasteiger partial charge in [0.05, 0.1) is 12.6 Å². The Morgan fingerprint density at radius 2 is 2.17 bits per heavy atom. The summed E-state index contributed by atoms with van der Waals surface area (Å²) in [4.78, 5) is 0. The topological polar surface area (TPSA) is 56.5 Å². The predicted octanol–water partition coefficient (Wildman–Crippen LogP) is 1.75. The van der Waals surface area contributed by atoms with E-state index in [9.17, 15) is 4.39 Å². The number of anilines is 1. The minimum atomic E-state index is -0.364. The van der Waals surface area contributed by atoms with Crippen LogP contribution in [0.5, 0.6) is 5.75 Å². The molecule has 18 heavy (non-hydrogen) atoms. The highest BCUT2D eigenvalue weighted by Crippen LogP contribution is 2.28. The molecule has 4 nitrogen and oxygen atoms in total. The number of nitrogens with one attached hydrogen (secondary N) is 1. The average molecular weight is 254 g/mol. The molecular weight excluding hydrogens is 235 g/mol. The number of nitrogens with two attached hydrogens (primary N) is 1. The molecule has 0 radical (unpaired) electrons. The predicted molar refractivity (Wildman–Crippen MR) is 68.4 cm³/mol. The SMILES string of the molecule is COc1cc(NC2(CN)CCOCC2)ccc1F. The van der Waals surface area contributed by atoms with Gasteiger partial charge in [-0.2, -0.15) is 0 Å². The van der Waals surface area contributed by atoms with Crippen molar-refractivity contribution in [3.63, 3.8) is 0 Å². The molecule has 0 unspecified atom stereocenters. The second-order valence-electron chi connectivity index (χ2n) is 4.57. The number of halogens is 1. The number of methoxy groups -OCH3 is 1. The Morgan fingerprint density at radius 3 is 2.78 bits per heavy atom. The van der Waals surface area contributed by atoms with E-state index in [1.165, 1.54) is 13.2 Å². The summed E-state index contributed by atoms with van der Waals surface area (Å²) in [5.41, 5.74) is 6.52. The van der Waals surface area contributed by atoms with E-state index in [2.05, 4.69) is 5.32 Å². The van der Waals surface area contributed by atoms with Crippen molar-refractivity contribution >= 4 is 5.69 Å². The quantitative estimate of drug-likeness (QED) is 0.859. The highest BCUT2D eigenvalue weighted by molar-refractivity contribution is 5.51. The fourth-order valence-corrected chi connectivity index (χ4v) is 2.19. The summed E-state index contributed by atoms with van der Waals surface area (Å²) in [6, 6.07) is 4.75. The van der Waals surface area contributed by atoms with E-state index in [0.717, 1.165) is 18.5 Å². The molecule has 0 spiro atoms. The molecule has 0 aliphatic carbocycles. The molecule has 0 saturated carbocycles. The van der Waals surface area contributed by atoms with Gasteiger partial charge in [-0.15, -0.1) is 0 Å². The molecule has 1 saturated heterocycles. The van der Waals surface area contributed by atoms with E-state index < -0.39 is 0 Å². The fourth-order valence-electron chi connectivity index (χ4n) is 2.19. The van der Waals surface area contributed by atoms with Crippen LogP contribution in [0.3, 0.4) is 0 Å². The molecule has 0 aromatic heterocycles. The van der Waals surface area contributed by atoms with Crippen LogP contribution in [0.25, 0.3) is 0 Å². The number of hydrogen-bond donors (Lipinski definition) is 2. The lowest BCUT2D eigenvalue weighted by Gasteiger charge is -2.38. The Kier molecular flexibility index (Phi) is 4.04. The third kappa shape index (κ3) is 2.73. The summed E-state index contributed by atoms with van der Waals surface area (Å²) < 4.78 is 23.6. The molecule has 1 aliphatic rings. The van der Waals surface area contributed by atoms with Gasteiger partial charge in [0.2, 0.25) is 0 Å². The van der Waals surface area contributed by atoms with E-state index in [1.54, 1.807) is 12.1 Å². The van der Waals surface area contributed by atoms with Crippen molar-refractivity contribution in [3.05, 3.63) is 24.0 Å². The average Bonchev–Trinajstić information content (AvgIpc) is 2.42. The third-order valence-electron chi connectivity index (χ3n) is 3.40. The van der Waals surface area contributed by atoms with Crippen LogP contribution in [0.15, 0.2) is 18.2 Å². The lowest BCUT2D eigenvalue weighted by Crippen LogP contribution is -2.49. The summed E-state index contributed by atoms with van der Waals surface area (Å²) in [5, 5.41) is 3.39. The standard InChI is InChI=1S/C13H19FN2O2/c1-17-12-8-10(2-3-11(12)14)16-13(9-15)4-6-18-7-5-13/h2-3,8,16H,4-7,9,15H2,1H3. The van der Waals surface area contributed by atoms with E-state index in [-0.39, 0.29) is 17.1 Å². The molecule has 0 amide bonds. The first-order chi connectivity index (χ1) is 8.69. The largest absolute Gasteiger partial charge is 0.494 e. The molecule has 5 heteroatoms. The van der Waals surface area contributed by atoms with Gasteiger partial charge in [-0.3, -0.25) is 0 Å². The minimum absolute atomic E-state index is 0.166. The highest BCUT2D eigenvalue weighted by Gasteiger charge is 2.31. The first-order valence-electron chi connectivity index (χ1n) is 6.09. The first-order valence-corrected chi connectivity index (χ1v) is 6.09. The van der Waals surface area contributed by atoms with E-state index in [1.807, 2.05) is 0 Å². The Hall–Kier alpha value is -1.33. The number of hydrogen-bond acceptors (Lipinski definition) is 4. The van der Waals surface area contributed by atoms with Crippen molar-refractivity contribution in [1.29, 1.82) is 0 Å². The Bertz CT molecular complexity index is 406. The number of rotatable bonds is 4. The van der Waals surface area contributed by atoms with E-state index in [4.69, 9.17) is 15.2 Å². The zero-order valence-corrected chi connectivity index (χ0v) is 10.5. The first kappa shape index (κ1) is 13.1. The monoisotopic (exact) mass is 254 g/mol. The molecule has 3 N–H and O–H groups in total. The Labute approximate surface area is 106 Å². The lowest BCUT2D eigenvalue weighted by molar-refractivity contribution is 0.0628. The van der Waals surface area contributed by atoms with Gasteiger partial charge in [0.25, 0.3) is 0 Å². The van der Waals surface area contributed by atoms with Gasteiger partial charge in [0.1, 0.15) is 0 Å². The maximum absolute atomic E-state index is 13.3. The smallest absolute Gasteiger partial charge is 0.165 e. The van der Waals surface area contributed by atoms with Crippen molar-refractivity contribution < 1.29 is 13.9 Å². The van der Waals surface area contributed by atoms with Gasteiger partial charge in [0, 0.05) is 31.5 Å². The van der Waals surface area contributed by atoms with Gasteiger partial charge in [-0.25, -0.2) is 4.39 Å². The lowest BCUT2D eigenvalue weighted by atomic mass is 9.90. The van der Waals surface area contributed by atoms with Crippen molar-refractivity contribution in [2.75, 3.05) is 32.2 Å². The van der Waals surface area contributed by atoms with Gasteiger partial charge >= 0.3 is 0 Å². The second kappa shape index (κ2) is 5.54. The number of ether oxygens (including phenoxy) is 2. The fraction of sp³-hybridized carbons (Fsp3) is 0.538. The van der Waals surface area contributed by atoms with E-state index in [0.29, 0.717) is 19.8 Å². The molecule has 0 bridgehead atoms. The summed E-state index contributed by atoms with van der Waals surface area (Å²) in [6.07, 6.45) is 1.70. The van der Waals surface area contributed by atoms with Crippen LogP contribution in [-0.4, -0.2) is 32.4 Å². The zero-order valence-electron chi connectivity index (χ0n) is 10.5. The van der Waals surface area contributed by atoms with E-state index >= 15 is 0 Å².